The van der Waals surface area contributed by atoms with E-state index in [1.807, 2.05) is 0 Å². The lowest BCUT2D eigenvalue weighted by molar-refractivity contribution is 0.862. The highest BCUT2D eigenvalue weighted by molar-refractivity contribution is 8.33. The average molecular weight is 115 g/mol. The highest BCUT2D eigenvalue weighted by Crippen LogP contribution is 2.09. The van der Waals surface area contributed by atoms with Gasteiger partial charge in [0.2, 0.25) is 0 Å². The highest BCUT2D eigenvalue weighted by Gasteiger charge is 1.64. The van der Waals surface area contributed by atoms with Gasteiger partial charge in [0.05, 0.1) is 0 Å². The zero-order valence-electron chi connectivity index (χ0n) is 2.74. The Morgan fingerprint density at radius 2 is 2.20 bits per heavy atom. The SMILES string of the molecule is CS(Cl)=CF. The summed E-state index contributed by atoms with van der Waals surface area (Å²) in [5, 5.41) is 0. The molecule has 0 rings (SSSR count). The molecular formula is C2H4ClFS. The van der Waals surface area contributed by atoms with E-state index in [1.165, 1.54) is 0 Å². The third kappa shape index (κ3) is 4.44. The fourth-order valence-electron chi connectivity index (χ4n) is 0. The second-order valence-corrected chi connectivity index (χ2v) is 3.16. The van der Waals surface area contributed by atoms with Crippen molar-refractivity contribution >= 4 is 26.0 Å². The standard InChI is InChI=1S/C2H4ClFS/c1-5(3)2-4/h2H,1H3. The molecule has 0 aromatic carbocycles. The van der Waals surface area contributed by atoms with Gasteiger partial charge in [-0.3, -0.25) is 0 Å². The Balaban J connectivity index is 3.14. The maximum atomic E-state index is 10.9. The van der Waals surface area contributed by atoms with Gasteiger partial charge in [0.1, 0.15) is 5.62 Å². The molecule has 0 aromatic rings. The second kappa shape index (κ2) is 2.67. The molecule has 32 valence electrons. The molecule has 0 radical (unpaired) electrons. The smallest absolute Gasteiger partial charge is 0.124 e. The van der Waals surface area contributed by atoms with E-state index in [0.717, 1.165) is 0 Å². The fourth-order valence-corrected chi connectivity index (χ4v) is 0. The third-order valence-electron chi connectivity index (χ3n) is 0.123. The van der Waals surface area contributed by atoms with E-state index in [9.17, 15) is 4.39 Å². The van der Waals surface area contributed by atoms with Crippen molar-refractivity contribution in [2.24, 2.45) is 0 Å². The lowest BCUT2D eigenvalue weighted by Crippen LogP contribution is -1.44. The first-order valence-electron chi connectivity index (χ1n) is 1.02. The molecule has 1 unspecified atom stereocenters. The highest BCUT2D eigenvalue weighted by atomic mass is 35.7. The molecule has 0 N–H and O–H groups in total. The number of hydrogen-bond acceptors (Lipinski definition) is 0. The Labute approximate surface area is 37.4 Å². The Kier molecular flexibility index (Phi) is 2.90. The lowest BCUT2D eigenvalue weighted by Gasteiger charge is -1.70. The van der Waals surface area contributed by atoms with E-state index < -0.39 is 9.70 Å². The first kappa shape index (κ1) is 5.44. The topological polar surface area (TPSA) is 0 Å². The predicted molar refractivity (Wildman–Crippen MR) is 26.5 cm³/mol. The van der Waals surface area contributed by atoms with Crippen LogP contribution in [-0.4, -0.2) is 11.9 Å². The van der Waals surface area contributed by atoms with Gasteiger partial charge >= 0.3 is 0 Å². The van der Waals surface area contributed by atoms with Crippen molar-refractivity contribution in [3.63, 3.8) is 0 Å². The Morgan fingerprint density at radius 3 is 2.20 bits per heavy atom. The normalized spacial score (nSPS) is 15.8. The molecule has 0 fully saturated rings. The maximum Gasteiger partial charge on any atom is 0.124 e. The van der Waals surface area contributed by atoms with Crippen LogP contribution in [0, 0.1) is 0 Å². The molecular weight excluding hydrogens is 111 g/mol. The maximum absolute atomic E-state index is 10.9. The van der Waals surface area contributed by atoms with Gasteiger partial charge in [-0.1, -0.05) is 9.70 Å². The summed E-state index contributed by atoms with van der Waals surface area (Å²) in [6, 6.07) is 0. The zero-order valence-corrected chi connectivity index (χ0v) is 4.31. The lowest BCUT2D eigenvalue weighted by atomic mass is 11.8. The van der Waals surface area contributed by atoms with Crippen molar-refractivity contribution in [3.05, 3.63) is 0 Å². The summed E-state index contributed by atoms with van der Waals surface area (Å²) in [6.45, 7) is 0. The molecule has 0 nitrogen and oxygen atoms in total. The van der Waals surface area contributed by atoms with Gasteiger partial charge in [0.15, 0.2) is 0 Å². The van der Waals surface area contributed by atoms with Crippen LogP contribution in [0.2, 0.25) is 0 Å². The molecule has 0 amide bonds. The van der Waals surface area contributed by atoms with Crippen LogP contribution in [0.5, 0.6) is 0 Å². The van der Waals surface area contributed by atoms with Crippen molar-refractivity contribution in [1.29, 1.82) is 0 Å². The summed E-state index contributed by atoms with van der Waals surface area (Å²) >= 11 is 0. The Bertz CT molecular complexity index is 47.6. The van der Waals surface area contributed by atoms with Gasteiger partial charge in [0, 0.05) is 0 Å². The van der Waals surface area contributed by atoms with Crippen LogP contribution in [0.4, 0.5) is 4.39 Å². The Morgan fingerprint density at radius 1 is 2.00 bits per heavy atom. The molecule has 0 spiro atoms. The van der Waals surface area contributed by atoms with Crippen LogP contribution >= 0.6 is 20.4 Å². The molecule has 0 saturated heterocycles. The minimum Gasteiger partial charge on any atom is -0.208 e. The van der Waals surface area contributed by atoms with Crippen molar-refractivity contribution in [3.8, 4) is 0 Å². The Hall–Kier alpha value is 0.440. The van der Waals surface area contributed by atoms with E-state index >= 15 is 0 Å². The minimum absolute atomic E-state index is 0.460. The predicted octanol–water partition coefficient (Wildman–Crippen LogP) is 1.77. The van der Waals surface area contributed by atoms with Crippen LogP contribution in [0.3, 0.4) is 0 Å². The summed E-state index contributed by atoms with van der Waals surface area (Å²) in [5.41, 5.74) is 0.460. The van der Waals surface area contributed by atoms with Crippen LogP contribution in [-0.2, 0) is 0 Å². The van der Waals surface area contributed by atoms with Gasteiger partial charge < -0.3 is 0 Å². The second-order valence-electron chi connectivity index (χ2n) is 0.568. The van der Waals surface area contributed by atoms with E-state index in [1.54, 1.807) is 6.26 Å². The molecule has 0 aromatic heterocycles. The van der Waals surface area contributed by atoms with Crippen LogP contribution in [0.15, 0.2) is 0 Å². The fraction of sp³-hybridized carbons (Fsp3) is 0.500. The average Bonchev–Trinajstić information content (AvgIpc) is 1.38. The van der Waals surface area contributed by atoms with Gasteiger partial charge in [0.25, 0.3) is 0 Å². The summed E-state index contributed by atoms with van der Waals surface area (Å²) < 4.78 is 10.9. The molecule has 3 heteroatoms. The summed E-state index contributed by atoms with van der Waals surface area (Å²) in [5.74, 6) is 0. The zero-order chi connectivity index (χ0) is 4.28. The van der Waals surface area contributed by atoms with Crippen LogP contribution in [0.25, 0.3) is 0 Å². The minimum atomic E-state index is -0.642. The van der Waals surface area contributed by atoms with Gasteiger partial charge in [-0.15, -0.1) is 0 Å². The third-order valence-corrected chi connectivity index (χ3v) is 0.570. The quantitative estimate of drug-likeness (QED) is 0.333. The van der Waals surface area contributed by atoms with Crippen LogP contribution < -0.4 is 0 Å². The first-order valence-corrected chi connectivity index (χ1v) is 3.54. The van der Waals surface area contributed by atoms with E-state index in [4.69, 9.17) is 10.7 Å². The first-order chi connectivity index (χ1) is 2.27. The molecule has 0 aliphatic carbocycles. The van der Waals surface area contributed by atoms with E-state index in [-0.39, 0.29) is 0 Å². The van der Waals surface area contributed by atoms with Gasteiger partial charge in [-0.2, -0.15) is 0 Å². The monoisotopic (exact) mass is 114 g/mol. The summed E-state index contributed by atoms with van der Waals surface area (Å²) in [6.07, 6.45) is 1.58. The number of halogens is 2. The van der Waals surface area contributed by atoms with Crippen molar-refractivity contribution in [1.82, 2.24) is 0 Å². The van der Waals surface area contributed by atoms with Gasteiger partial charge in [-0.05, 0) is 16.9 Å². The number of hydrogen-bond donors (Lipinski definition) is 0. The van der Waals surface area contributed by atoms with Gasteiger partial charge in [-0.25, -0.2) is 4.39 Å². The van der Waals surface area contributed by atoms with Crippen molar-refractivity contribution < 1.29 is 4.39 Å². The molecule has 0 bridgehead atoms. The van der Waals surface area contributed by atoms with E-state index in [2.05, 4.69) is 0 Å². The van der Waals surface area contributed by atoms with Crippen LogP contribution in [0.1, 0.15) is 0 Å². The summed E-state index contributed by atoms with van der Waals surface area (Å²) in [4.78, 5) is 0. The van der Waals surface area contributed by atoms with Crippen molar-refractivity contribution in [2.45, 2.75) is 0 Å². The summed E-state index contributed by atoms with van der Waals surface area (Å²) in [7, 11) is 4.42. The molecule has 0 aliphatic heterocycles. The van der Waals surface area contributed by atoms with E-state index in [0.29, 0.717) is 5.62 Å². The molecule has 0 saturated carbocycles. The number of rotatable bonds is 0. The molecule has 0 heterocycles. The molecule has 1 atom stereocenters. The van der Waals surface area contributed by atoms with Crippen molar-refractivity contribution in [2.75, 3.05) is 6.26 Å². The largest absolute Gasteiger partial charge is 0.208 e. The molecule has 0 aliphatic rings. The molecule has 5 heavy (non-hydrogen) atoms.